The van der Waals surface area contributed by atoms with Gasteiger partial charge in [-0.05, 0) is 69.1 Å². The molecule has 6 aliphatic rings. The quantitative estimate of drug-likeness (QED) is 0.529. The summed E-state index contributed by atoms with van der Waals surface area (Å²) >= 11 is 0. The van der Waals surface area contributed by atoms with E-state index in [0.717, 1.165) is 62.7 Å². The third-order valence-electron chi connectivity index (χ3n) is 8.28. The van der Waals surface area contributed by atoms with E-state index in [1.54, 1.807) is 0 Å². The van der Waals surface area contributed by atoms with E-state index in [1.165, 1.54) is 24.2 Å². The lowest BCUT2D eigenvalue weighted by molar-refractivity contribution is -0.151. The maximum Gasteiger partial charge on any atom is 0.308 e. The van der Waals surface area contributed by atoms with Crippen LogP contribution in [-0.2, 0) is 23.9 Å². The van der Waals surface area contributed by atoms with Crippen LogP contribution in [0.4, 0.5) is 0 Å². The fraction of sp³-hybridized carbons (Fsp3) is 0.826. The molecule has 7 heteroatoms. The summed E-state index contributed by atoms with van der Waals surface area (Å²) in [6.07, 6.45) is 10.5. The van der Waals surface area contributed by atoms with Crippen LogP contribution in [0.15, 0.2) is 0 Å². The lowest BCUT2D eigenvalue weighted by Gasteiger charge is -2.56. The number of nitrogens with one attached hydrogen (secondary N) is 1. The summed E-state index contributed by atoms with van der Waals surface area (Å²) in [6.45, 7) is -0.228. The van der Waals surface area contributed by atoms with Crippen molar-refractivity contribution >= 4 is 23.7 Å². The molecule has 0 spiro atoms. The molecule has 2 atom stereocenters. The Balaban J connectivity index is 1.07. The summed E-state index contributed by atoms with van der Waals surface area (Å²) < 4.78 is 5.17. The van der Waals surface area contributed by atoms with Gasteiger partial charge in [0.05, 0.1) is 18.3 Å². The Hall–Kier alpha value is -1.92. The van der Waals surface area contributed by atoms with E-state index in [9.17, 15) is 19.2 Å². The normalized spacial score (nSPS) is 39.2. The summed E-state index contributed by atoms with van der Waals surface area (Å²) in [5.41, 5.74) is -0.0943. The van der Waals surface area contributed by atoms with Gasteiger partial charge in [0.2, 0.25) is 11.8 Å². The lowest BCUT2D eigenvalue weighted by Crippen LogP contribution is -2.60. The molecular weight excluding hydrogens is 384 g/mol. The van der Waals surface area contributed by atoms with Crippen LogP contribution in [0.3, 0.4) is 0 Å². The lowest BCUT2D eigenvalue weighted by atomic mass is 9.53. The number of hydrogen-bond acceptors (Lipinski definition) is 5. The largest absolute Gasteiger partial charge is 0.456 e. The Morgan fingerprint density at radius 2 is 1.47 bits per heavy atom. The van der Waals surface area contributed by atoms with Crippen molar-refractivity contribution in [3.05, 3.63) is 0 Å². The van der Waals surface area contributed by atoms with Crippen LogP contribution in [0.1, 0.15) is 70.6 Å². The Bertz CT molecular complexity index is 703. The van der Waals surface area contributed by atoms with Gasteiger partial charge in [0.25, 0.3) is 5.91 Å². The van der Waals surface area contributed by atoms with Crippen molar-refractivity contribution in [2.75, 3.05) is 13.2 Å². The van der Waals surface area contributed by atoms with Crippen LogP contribution in [0.5, 0.6) is 0 Å². The van der Waals surface area contributed by atoms with E-state index in [2.05, 4.69) is 5.32 Å². The molecule has 164 valence electrons. The molecule has 0 radical (unpaired) electrons. The van der Waals surface area contributed by atoms with E-state index < -0.39 is 5.97 Å². The van der Waals surface area contributed by atoms with E-state index in [1.807, 2.05) is 0 Å². The summed E-state index contributed by atoms with van der Waals surface area (Å²) in [7, 11) is 0. The van der Waals surface area contributed by atoms with Crippen molar-refractivity contribution in [3.63, 3.8) is 0 Å². The van der Waals surface area contributed by atoms with Gasteiger partial charge in [-0.25, -0.2) is 0 Å². The minimum Gasteiger partial charge on any atom is -0.456 e. The Morgan fingerprint density at radius 1 is 0.933 bits per heavy atom. The van der Waals surface area contributed by atoms with Gasteiger partial charge in [-0.2, -0.15) is 0 Å². The Morgan fingerprint density at radius 3 is 2.00 bits per heavy atom. The highest BCUT2D eigenvalue weighted by molar-refractivity contribution is 6.05. The van der Waals surface area contributed by atoms with Crippen molar-refractivity contribution in [2.45, 2.75) is 76.2 Å². The molecule has 3 amide bonds. The molecule has 30 heavy (non-hydrogen) atoms. The zero-order valence-electron chi connectivity index (χ0n) is 17.6. The van der Waals surface area contributed by atoms with Crippen LogP contribution < -0.4 is 5.32 Å². The fourth-order valence-electron chi connectivity index (χ4n) is 7.47. The first kappa shape index (κ1) is 20.0. The summed E-state index contributed by atoms with van der Waals surface area (Å²) in [5.74, 6) is 0.751. The molecule has 0 aromatic rings. The number of amides is 3. The first-order valence-electron chi connectivity index (χ1n) is 11.7. The fourth-order valence-corrected chi connectivity index (χ4v) is 7.47. The van der Waals surface area contributed by atoms with Gasteiger partial charge in [-0.1, -0.05) is 12.8 Å². The van der Waals surface area contributed by atoms with Crippen LogP contribution in [-0.4, -0.2) is 47.3 Å². The molecule has 0 aromatic heterocycles. The van der Waals surface area contributed by atoms with Gasteiger partial charge >= 0.3 is 5.97 Å². The minimum absolute atomic E-state index is 0.0540. The van der Waals surface area contributed by atoms with E-state index in [4.69, 9.17) is 4.74 Å². The molecule has 1 N–H and O–H groups in total. The first-order chi connectivity index (χ1) is 14.4. The molecule has 0 aromatic carbocycles. The van der Waals surface area contributed by atoms with Gasteiger partial charge in [0.15, 0.2) is 6.61 Å². The Labute approximate surface area is 177 Å². The van der Waals surface area contributed by atoms with Crippen LogP contribution in [0, 0.1) is 29.6 Å². The molecule has 0 unspecified atom stereocenters. The van der Waals surface area contributed by atoms with E-state index in [-0.39, 0.29) is 54.7 Å². The standard InChI is InChI=1S/C23H32N2O5/c26-19(24-23-10-14-7-15(11-23)9-16(8-14)12-23)13-30-20(27)5-6-25-21(28)17-3-1-2-4-18(17)22(25)29/h14-18H,1-13H2,(H,24,26)/t14?,15?,16?,17-,18-,23?/m0/s1. The molecular formula is C23H32N2O5. The number of carbonyl (C=O) groups excluding carboxylic acids is 4. The zero-order valence-corrected chi connectivity index (χ0v) is 17.6. The third-order valence-corrected chi connectivity index (χ3v) is 8.28. The molecule has 4 bridgehead atoms. The topological polar surface area (TPSA) is 92.8 Å². The number of fused-ring (bicyclic) bond motifs is 1. The van der Waals surface area contributed by atoms with Gasteiger partial charge in [-0.15, -0.1) is 0 Å². The monoisotopic (exact) mass is 416 g/mol. The van der Waals surface area contributed by atoms with Crippen molar-refractivity contribution in [1.82, 2.24) is 10.2 Å². The van der Waals surface area contributed by atoms with Crippen molar-refractivity contribution in [2.24, 2.45) is 29.6 Å². The van der Waals surface area contributed by atoms with Crippen molar-refractivity contribution in [3.8, 4) is 0 Å². The predicted molar refractivity (Wildman–Crippen MR) is 107 cm³/mol. The summed E-state index contributed by atoms with van der Waals surface area (Å²) in [5, 5.41) is 3.19. The highest BCUT2D eigenvalue weighted by atomic mass is 16.5. The van der Waals surface area contributed by atoms with E-state index >= 15 is 0 Å². The molecule has 6 rings (SSSR count). The van der Waals surface area contributed by atoms with Crippen LogP contribution in [0.2, 0.25) is 0 Å². The van der Waals surface area contributed by atoms with Gasteiger partial charge in [0.1, 0.15) is 0 Å². The molecule has 5 aliphatic carbocycles. The second kappa shape index (κ2) is 7.65. The van der Waals surface area contributed by atoms with Gasteiger partial charge < -0.3 is 10.1 Å². The number of carbonyl (C=O) groups is 4. The number of likely N-dealkylation sites (tertiary alicyclic amines) is 1. The zero-order chi connectivity index (χ0) is 20.9. The smallest absolute Gasteiger partial charge is 0.308 e. The SMILES string of the molecule is O=C(COC(=O)CCN1C(=O)[C@H]2CCCC[C@@H]2C1=O)NC12CC3CC(CC(C3)C1)C2. The van der Waals surface area contributed by atoms with Crippen molar-refractivity contribution < 1.29 is 23.9 Å². The van der Waals surface area contributed by atoms with Gasteiger partial charge in [0, 0.05) is 12.1 Å². The summed E-state index contributed by atoms with van der Waals surface area (Å²) in [4.78, 5) is 50.8. The third kappa shape index (κ3) is 3.65. The van der Waals surface area contributed by atoms with Crippen molar-refractivity contribution in [1.29, 1.82) is 0 Å². The highest BCUT2D eigenvalue weighted by Crippen LogP contribution is 2.55. The first-order valence-corrected chi connectivity index (χ1v) is 11.7. The number of nitrogens with zero attached hydrogens (tertiary/aromatic N) is 1. The molecule has 1 aliphatic heterocycles. The van der Waals surface area contributed by atoms with Crippen LogP contribution in [0.25, 0.3) is 0 Å². The molecule has 7 nitrogen and oxygen atoms in total. The minimum atomic E-state index is -0.536. The molecule has 6 fully saturated rings. The number of hydrogen-bond donors (Lipinski definition) is 1. The molecule has 1 saturated heterocycles. The second-order valence-corrected chi connectivity index (χ2v) is 10.5. The maximum absolute atomic E-state index is 12.5. The number of ether oxygens (including phenoxy) is 1. The number of imide groups is 1. The summed E-state index contributed by atoms with van der Waals surface area (Å²) in [6, 6.07) is 0. The number of esters is 1. The van der Waals surface area contributed by atoms with Crippen LogP contribution >= 0.6 is 0 Å². The van der Waals surface area contributed by atoms with E-state index in [0.29, 0.717) is 0 Å². The number of rotatable bonds is 6. The molecule has 5 saturated carbocycles. The molecule has 1 heterocycles. The predicted octanol–water partition coefficient (Wildman–Crippen LogP) is 2.18. The Kier molecular flexibility index (Phi) is 5.10. The second-order valence-electron chi connectivity index (χ2n) is 10.5. The average molecular weight is 417 g/mol. The average Bonchev–Trinajstić information content (AvgIpc) is 2.94. The van der Waals surface area contributed by atoms with Gasteiger partial charge in [-0.3, -0.25) is 24.1 Å². The maximum atomic E-state index is 12.5. The highest BCUT2D eigenvalue weighted by Gasteiger charge is 2.51.